The number of hydrogen-bond acceptors (Lipinski definition) is 3. The summed E-state index contributed by atoms with van der Waals surface area (Å²) in [4.78, 5) is 23.2. The molecule has 5 nitrogen and oxygen atoms in total. The van der Waals surface area contributed by atoms with Gasteiger partial charge in [0, 0.05) is 11.1 Å². The van der Waals surface area contributed by atoms with E-state index >= 15 is 0 Å². The van der Waals surface area contributed by atoms with Crippen LogP contribution in [-0.2, 0) is 16.0 Å². The van der Waals surface area contributed by atoms with Crippen LogP contribution in [0, 0.1) is 5.41 Å². The maximum atomic E-state index is 12.3. The summed E-state index contributed by atoms with van der Waals surface area (Å²) in [5, 5.41) is 6.21. The fourth-order valence-electron chi connectivity index (χ4n) is 2.39. The van der Waals surface area contributed by atoms with Crippen molar-refractivity contribution < 1.29 is 9.59 Å². The second-order valence-electron chi connectivity index (χ2n) is 5.60. The first-order chi connectivity index (χ1) is 9.49. The Kier molecular flexibility index (Phi) is 4.39. The lowest BCUT2D eigenvalue weighted by atomic mass is 9.80. The highest BCUT2D eigenvalue weighted by Gasteiger charge is 2.34. The minimum Gasteiger partial charge on any atom is -0.369 e. The molecule has 108 valence electrons. The number of nitrogens with one attached hydrogen (secondary N) is 2. The highest BCUT2D eigenvalue weighted by molar-refractivity contribution is 5.95. The van der Waals surface area contributed by atoms with Crippen LogP contribution in [0.2, 0.25) is 0 Å². The zero-order chi connectivity index (χ0) is 14.6. The largest absolute Gasteiger partial charge is 0.369 e. The summed E-state index contributed by atoms with van der Waals surface area (Å²) < 4.78 is 0. The third-order valence-corrected chi connectivity index (χ3v) is 3.85. The van der Waals surface area contributed by atoms with E-state index in [1.54, 1.807) is 12.1 Å². The van der Waals surface area contributed by atoms with Crippen molar-refractivity contribution in [1.29, 1.82) is 0 Å². The average molecular weight is 275 g/mol. The Bertz CT molecular complexity index is 490. The third kappa shape index (κ3) is 3.57. The van der Waals surface area contributed by atoms with Gasteiger partial charge in [-0.3, -0.25) is 9.59 Å². The maximum absolute atomic E-state index is 12.3. The lowest BCUT2D eigenvalue weighted by Gasteiger charge is -2.32. The van der Waals surface area contributed by atoms with Gasteiger partial charge in [0.1, 0.15) is 0 Å². The molecule has 20 heavy (non-hydrogen) atoms. The number of piperidine rings is 1. The smallest absolute Gasteiger partial charge is 0.230 e. The van der Waals surface area contributed by atoms with Gasteiger partial charge in [-0.2, -0.15) is 0 Å². The standard InChI is InChI=1S/C15H21N3O2/c1-15(6-8-17-9-7-15)14(20)18-12-4-2-11(3-5-12)10-13(16)19/h2-5,17H,6-10H2,1H3,(H2,16,19)(H,18,20). The summed E-state index contributed by atoms with van der Waals surface area (Å²) in [5.41, 5.74) is 6.44. The molecule has 0 spiro atoms. The normalized spacial score (nSPS) is 17.4. The molecule has 1 aromatic carbocycles. The second kappa shape index (κ2) is 6.05. The van der Waals surface area contributed by atoms with Gasteiger partial charge in [0.15, 0.2) is 0 Å². The molecule has 2 rings (SSSR count). The summed E-state index contributed by atoms with van der Waals surface area (Å²) in [6, 6.07) is 7.23. The maximum Gasteiger partial charge on any atom is 0.230 e. The fraction of sp³-hybridized carbons (Fsp3) is 0.467. The van der Waals surface area contributed by atoms with Gasteiger partial charge in [-0.1, -0.05) is 19.1 Å². The van der Waals surface area contributed by atoms with Gasteiger partial charge in [0.2, 0.25) is 11.8 Å². The Hall–Kier alpha value is -1.88. The van der Waals surface area contributed by atoms with E-state index in [9.17, 15) is 9.59 Å². The van der Waals surface area contributed by atoms with Crippen LogP contribution in [0.15, 0.2) is 24.3 Å². The molecule has 1 aromatic rings. The number of carbonyl (C=O) groups is 2. The average Bonchev–Trinajstić information content (AvgIpc) is 2.41. The first kappa shape index (κ1) is 14.5. The van der Waals surface area contributed by atoms with E-state index in [0.717, 1.165) is 37.2 Å². The minimum absolute atomic E-state index is 0.0571. The van der Waals surface area contributed by atoms with E-state index in [0.29, 0.717) is 0 Å². The molecule has 0 aromatic heterocycles. The Morgan fingerprint density at radius 1 is 1.25 bits per heavy atom. The van der Waals surface area contributed by atoms with Crippen LogP contribution in [0.4, 0.5) is 5.69 Å². The number of benzene rings is 1. The van der Waals surface area contributed by atoms with Crippen LogP contribution in [0.25, 0.3) is 0 Å². The van der Waals surface area contributed by atoms with E-state index in [-0.39, 0.29) is 23.7 Å². The zero-order valence-electron chi connectivity index (χ0n) is 11.7. The predicted molar refractivity (Wildman–Crippen MR) is 78.2 cm³/mol. The van der Waals surface area contributed by atoms with Crippen LogP contribution in [0.1, 0.15) is 25.3 Å². The van der Waals surface area contributed by atoms with E-state index in [4.69, 9.17) is 5.73 Å². The minimum atomic E-state index is -0.357. The number of amides is 2. The summed E-state index contributed by atoms with van der Waals surface area (Å²) in [7, 11) is 0. The highest BCUT2D eigenvalue weighted by Crippen LogP contribution is 2.29. The van der Waals surface area contributed by atoms with E-state index in [1.165, 1.54) is 0 Å². The molecule has 1 aliphatic rings. The van der Waals surface area contributed by atoms with Crippen LogP contribution < -0.4 is 16.4 Å². The van der Waals surface area contributed by atoms with Gasteiger partial charge < -0.3 is 16.4 Å². The lowest BCUT2D eigenvalue weighted by molar-refractivity contribution is -0.126. The Balaban J connectivity index is 1.98. The molecule has 1 saturated heterocycles. The van der Waals surface area contributed by atoms with Crippen molar-refractivity contribution in [3.05, 3.63) is 29.8 Å². The molecule has 1 heterocycles. The number of rotatable bonds is 4. The van der Waals surface area contributed by atoms with E-state index in [1.807, 2.05) is 19.1 Å². The Morgan fingerprint density at radius 3 is 2.40 bits per heavy atom. The van der Waals surface area contributed by atoms with E-state index < -0.39 is 0 Å². The Morgan fingerprint density at radius 2 is 1.85 bits per heavy atom. The number of carbonyl (C=O) groups excluding carboxylic acids is 2. The SMILES string of the molecule is CC1(C(=O)Nc2ccc(CC(N)=O)cc2)CCNCC1. The summed E-state index contributed by atoms with van der Waals surface area (Å²) >= 11 is 0. The molecule has 4 N–H and O–H groups in total. The van der Waals surface area contributed by atoms with Crippen LogP contribution in [0.5, 0.6) is 0 Å². The zero-order valence-corrected chi connectivity index (χ0v) is 11.7. The van der Waals surface area contributed by atoms with Gasteiger partial charge >= 0.3 is 0 Å². The monoisotopic (exact) mass is 275 g/mol. The van der Waals surface area contributed by atoms with Crippen molar-refractivity contribution in [3.63, 3.8) is 0 Å². The summed E-state index contributed by atoms with van der Waals surface area (Å²) in [6.07, 6.45) is 1.91. The van der Waals surface area contributed by atoms with Gasteiger partial charge in [-0.25, -0.2) is 0 Å². The fourth-order valence-corrected chi connectivity index (χ4v) is 2.39. The van der Waals surface area contributed by atoms with Gasteiger partial charge in [-0.15, -0.1) is 0 Å². The molecule has 1 fully saturated rings. The first-order valence-electron chi connectivity index (χ1n) is 6.89. The molecule has 0 aliphatic carbocycles. The quantitative estimate of drug-likeness (QED) is 0.767. The lowest BCUT2D eigenvalue weighted by Crippen LogP contribution is -2.42. The van der Waals surface area contributed by atoms with E-state index in [2.05, 4.69) is 10.6 Å². The molecule has 0 unspecified atom stereocenters. The Labute approximate surface area is 118 Å². The molecular weight excluding hydrogens is 254 g/mol. The van der Waals surface area contributed by atoms with Gasteiger partial charge in [0.25, 0.3) is 0 Å². The number of nitrogens with two attached hydrogens (primary N) is 1. The van der Waals surface area contributed by atoms with Crippen LogP contribution in [-0.4, -0.2) is 24.9 Å². The highest BCUT2D eigenvalue weighted by atomic mass is 16.2. The molecule has 0 bridgehead atoms. The molecule has 0 saturated carbocycles. The van der Waals surface area contributed by atoms with Gasteiger partial charge in [-0.05, 0) is 43.6 Å². The first-order valence-corrected chi connectivity index (χ1v) is 6.89. The third-order valence-electron chi connectivity index (χ3n) is 3.85. The van der Waals surface area contributed by atoms with Crippen LogP contribution in [0.3, 0.4) is 0 Å². The predicted octanol–water partition coefficient (Wildman–Crippen LogP) is 1.04. The molecule has 0 radical (unpaired) electrons. The van der Waals surface area contributed by atoms with Crippen molar-refractivity contribution in [2.24, 2.45) is 11.1 Å². The van der Waals surface area contributed by atoms with Crippen molar-refractivity contribution >= 4 is 17.5 Å². The van der Waals surface area contributed by atoms with Crippen molar-refractivity contribution in [2.45, 2.75) is 26.2 Å². The number of primary amides is 1. The number of hydrogen-bond donors (Lipinski definition) is 3. The van der Waals surface area contributed by atoms with Crippen molar-refractivity contribution in [1.82, 2.24) is 5.32 Å². The molecule has 1 aliphatic heterocycles. The second-order valence-corrected chi connectivity index (χ2v) is 5.60. The molecule has 5 heteroatoms. The molecule has 0 atom stereocenters. The van der Waals surface area contributed by atoms with Crippen molar-refractivity contribution in [3.8, 4) is 0 Å². The molecule has 2 amide bonds. The van der Waals surface area contributed by atoms with Gasteiger partial charge in [0.05, 0.1) is 6.42 Å². The topological polar surface area (TPSA) is 84.2 Å². The van der Waals surface area contributed by atoms with Crippen molar-refractivity contribution in [2.75, 3.05) is 18.4 Å². The molecular formula is C15H21N3O2. The number of anilines is 1. The van der Waals surface area contributed by atoms with Crippen LogP contribution >= 0.6 is 0 Å². The summed E-state index contributed by atoms with van der Waals surface area (Å²) in [6.45, 7) is 3.76. The summed E-state index contributed by atoms with van der Waals surface area (Å²) in [5.74, 6) is -0.300.